The Morgan fingerprint density at radius 2 is 2.17 bits per heavy atom. The summed E-state index contributed by atoms with van der Waals surface area (Å²) < 4.78 is 4.86. The maximum atomic E-state index is 11.7. The van der Waals surface area contributed by atoms with Crippen LogP contribution in [0.5, 0.6) is 0 Å². The van der Waals surface area contributed by atoms with Crippen molar-refractivity contribution in [1.29, 1.82) is 0 Å². The van der Waals surface area contributed by atoms with Gasteiger partial charge in [0.05, 0.1) is 6.61 Å². The number of nitrogens with zero attached hydrogens (tertiary/aromatic N) is 1. The van der Waals surface area contributed by atoms with Gasteiger partial charge in [-0.05, 0) is 12.8 Å². The molecule has 1 heterocycles. The number of nitrogens with two attached hydrogens (primary N) is 1. The van der Waals surface area contributed by atoms with E-state index in [1.54, 1.807) is 0 Å². The van der Waals surface area contributed by atoms with Crippen molar-refractivity contribution in [3.05, 3.63) is 0 Å². The molecule has 1 aliphatic rings. The number of hydrogen-bond acceptors (Lipinski definition) is 4. The van der Waals surface area contributed by atoms with Crippen molar-refractivity contribution >= 4 is 17.9 Å². The molecular formula is C10H17N3O5. The number of carbonyl (C=O) groups excluding carboxylic acids is 2. The molecule has 1 fully saturated rings. The fourth-order valence-electron chi connectivity index (χ4n) is 1.77. The summed E-state index contributed by atoms with van der Waals surface area (Å²) in [7, 11) is 0. The normalized spacial score (nSPS) is 18.7. The van der Waals surface area contributed by atoms with E-state index in [2.05, 4.69) is 5.32 Å². The van der Waals surface area contributed by atoms with E-state index in [-0.39, 0.29) is 19.8 Å². The molecule has 1 aliphatic heterocycles. The van der Waals surface area contributed by atoms with E-state index in [4.69, 9.17) is 15.6 Å². The summed E-state index contributed by atoms with van der Waals surface area (Å²) in [6, 6.07) is -1.18. The van der Waals surface area contributed by atoms with E-state index in [0.29, 0.717) is 19.4 Å². The lowest BCUT2D eigenvalue weighted by atomic mass is 10.2. The zero-order valence-electron chi connectivity index (χ0n) is 9.92. The van der Waals surface area contributed by atoms with E-state index in [0.717, 1.165) is 0 Å². The fourth-order valence-corrected chi connectivity index (χ4v) is 1.77. The average Bonchev–Trinajstić information content (AvgIpc) is 2.76. The number of rotatable bonds is 6. The Bertz CT molecular complexity index is 333. The quantitative estimate of drug-likeness (QED) is 0.514. The minimum atomic E-state index is -0.993. The van der Waals surface area contributed by atoms with Gasteiger partial charge in [-0.15, -0.1) is 0 Å². The van der Waals surface area contributed by atoms with E-state index in [1.165, 1.54) is 4.90 Å². The van der Waals surface area contributed by atoms with E-state index in [9.17, 15) is 14.4 Å². The Morgan fingerprint density at radius 1 is 1.44 bits per heavy atom. The van der Waals surface area contributed by atoms with Crippen LogP contribution in [0, 0.1) is 0 Å². The van der Waals surface area contributed by atoms with Gasteiger partial charge in [0, 0.05) is 13.1 Å². The molecule has 0 bridgehead atoms. The zero-order chi connectivity index (χ0) is 13.5. The van der Waals surface area contributed by atoms with Crippen molar-refractivity contribution in [1.82, 2.24) is 10.2 Å². The molecule has 1 saturated heterocycles. The van der Waals surface area contributed by atoms with Gasteiger partial charge in [0.2, 0.25) is 5.91 Å². The van der Waals surface area contributed by atoms with Crippen LogP contribution in [-0.2, 0) is 14.3 Å². The molecule has 8 nitrogen and oxygen atoms in total. The Balaban J connectivity index is 2.24. The Kier molecular flexibility index (Phi) is 5.37. The molecule has 102 valence electrons. The summed E-state index contributed by atoms with van der Waals surface area (Å²) in [4.78, 5) is 34.2. The molecule has 1 atom stereocenters. The summed E-state index contributed by atoms with van der Waals surface area (Å²) in [6.45, 7) is 0.595. The second-order valence-electron chi connectivity index (χ2n) is 3.94. The average molecular weight is 259 g/mol. The van der Waals surface area contributed by atoms with Crippen LogP contribution in [0.1, 0.15) is 12.8 Å². The van der Waals surface area contributed by atoms with Crippen LogP contribution in [-0.4, -0.2) is 60.3 Å². The molecule has 0 aromatic heterocycles. The van der Waals surface area contributed by atoms with Gasteiger partial charge in [-0.25, -0.2) is 9.59 Å². The first-order valence-corrected chi connectivity index (χ1v) is 5.65. The number of carboxylic acids is 1. The highest BCUT2D eigenvalue weighted by molar-refractivity contribution is 5.83. The van der Waals surface area contributed by atoms with Crippen LogP contribution < -0.4 is 11.1 Å². The smallest absolute Gasteiger partial charge is 0.326 e. The maximum Gasteiger partial charge on any atom is 0.326 e. The minimum Gasteiger partial charge on any atom is -0.480 e. The van der Waals surface area contributed by atoms with Gasteiger partial charge in [-0.1, -0.05) is 0 Å². The third-order valence-corrected chi connectivity index (χ3v) is 2.57. The van der Waals surface area contributed by atoms with Gasteiger partial charge in [0.15, 0.2) is 0 Å². The number of ether oxygens (including phenoxy) is 1. The second kappa shape index (κ2) is 6.80. The third kappa shape index (κ3) is 4.21. The summed E-state index contributed by atoms with van der Waals surface area (Å²) in [5.74, 6) is -1.57. The fraction of sp³-hybridized carbons (Fsp3) is 0.700. The Morgan fingerprint density at radius 3 is 2.78 bits per heavy atom. The number of hydrogen-bond donors (Lipinski definition) is 3. The molecule has 0 saturated carbocycles. The number of urea groups is 1. The number of amides is 3. The molecule has 0 aromatic rings. The summed E-state index contributed by atoms with van der Waals surface area (Å²) in [6.07, 6.45) is 1.16. The van der Waals surface area contributed by atoms with E-state index in [1.807, 2.05) is 0 Å². The first kappa shape index (κ1) is 14.2. The van der Waals surface area contributed by atoms with E-state index < -0.39 is 23.9 Å². The maximum absolute atomic E-state index is 11.7. The molecule has 0 radical (unpaired) electrons. The number of likely N-dealkylation sites (tertiary alicyclic amines) is 1. The molecule has 0 unspecified atom stereocenters. The lowest BCUT2D eigenvalue weighted by Gasteiger charge is -2.21. The number of carbonyl (C=O) groups is 3. The van der Waals surface area contributed by atoms with Crippen LogP contribution in [0.2, 0.25) is 0 Å². The van der Waals surface area contributed by atoms with Gasteiger partial charge < -0.3 is 25.8 Å². The van der Waals surface area contributed by atoms with Crippen LogP contribution in [0.4, 0.5) is 4.79 Å². The SMILES string of the molecule is NC(=O)COCCNC(=O)N1CCC[C@H]1C(=O)O. The van der Waals surface area contributed by atoms with Gasteiger partial charge in [0.1, 0.15) is 12.6 Å². The largest absolute Gasteiger partial charge is 0.480 e. The van der Waals surface area contributed by atoms with Gasteiger partial charge >= 0.3 is 12.0 Å². The van der Waals surface area contributed by atoms with Gasteiger partial charge in [0.25, 0.3) is 0 Å². The van der Waals surface area contributed by atoms with Crippen molar-refractivity contribution < 1.29 is 24.2 Å². The molecule has 4 N–H and O–H groups in total. The number of primary amides is 1. The van der Waals surface area contributed by atoms with Gasteiger partial charge in [-0.3, -0.25) is 4.79 Å². The molecule has 18 heavy (non-hydrogen) atoms. The minimum absolute atomic E-state index is 0.153. The first-order valence-electron chi connectivity index (χ1n) is 5.65. The first-order chi connectivity index (χ1) is 8.52. The highest BCUT2D eigenvalue weighted by atomic mass is 16.5. The lowest BCUT2D eigenvalue weighted by Crippen LogP contribution is -2.46. The number of carboxylic acid groups (broad SMARTS) is 1. The summed E-state index contributed by atoms with van der Waals surface area (Å²) in [5.41, 5.74) is 4.86. The predicted molar refractivity (Wildman–Crippen MR) is 60.8 cm³/mol. The lowest BCUT2D eigenvalue weighted by molar-refractivity contribution is -0.141. The molecule has 8 heteroatoms. The molecule has 1 rings (SSSR count). The van der Waals surface area contributed by atoms with Crippen LogP contribution >= 0.6 is 0 Å². The monoisotopic (exact) mass is 259 g/mol. The topological polar surface area (TPSA) is 122 Å². The molecule has 0 aromatic carbocycles. The van der Waals surface area contributed by atoms with Crippen molar-refractivity contribution in [2.75, 3.05) is 26.3 Å². The molecule has 0 spiro atoms. The Hall–Kier alpha value is -1.83. The highest BCUT2D eigenvalue weighted by Gasteiger charge is 2.33. The third-order valence-electron chi connectivity index (χ3n) is 2.57. The Labute approximate surface area is 104 Å². The molecule has 3 amide bonds. The van der Waals surface area contributed by atoms with E-state index >= 15 is 0 Å². The summed E-state index contributed by atoms with van der Waals surface area (Å²) in [5, 5.41) is 11.4. The number of aliphatic carboxylic acids is 1. The second-order valence-corrected chi connectivity index (χ2v) is 3.94. The van der Waals surface area contributed by atoms with Crippen molar-refractivity contribution in [2.24, 2.45) is 5.73 Å². The van der Waals surface area contributed by atoms with Crippen molar-refractivity contribution in [3.63, 3.8) is 0 Å². The standard InChI is InChI=1S/C10H17N3O5/c11-8(14)6-18-5-3-12-10(17)13-4-1-2-7(13)9(15)16/h7H,1-6H2,(H2,11,14)(H,12,17)(H,15,16)/t7-/m0/s1. The van der Waals surface area contributed by atoms with Crippen LogP contribution in [0.15, 0.2) is 0 Å². The predicted octanol–water partition coefficient (Wildman–Crippen LogP) is -1.25. The van der Waals surface area contributed by atoms with Gasteiger partial charge in [-0.2, -0.15) is 0 Å². The highest BCUT2D eigenvalue weighted by Crippen LogP contribution is 2.16. The summed E-state index contributed by atoms with van der Waals surface area (Å²) >= 11 is 0. The molecular weight excluding hydrogens is 242 g/mol. The van der Waals surface area contributed by atoms with Crippen LogP contribution in [0.25, 0.3) is 0 Å². The number of nitrogens with one attached hydrogen (secondary N) is 1. The zero-order valence-corrected chi connectivity index (χ0v) is 9.92. The van der Waals surface area contributed by atoms with Crippen molar-refractivity contribution in [3.8, 4) is 0 Å². The van der Waals surface area contributed by atoms with Crippen molar-refractivity contribution in [2.45, 2.75) is 18.9 Å². The van der Waals surface area contributed by atoms with Crippen LogP contribution in [0.3, 0.4) is 0 Å². The molecule has 0 aliphatic carbocycles.